The summed E-state index contributed by atoms with van der Waals surface area (Å²) in [5.41, 5.74) is 2.11. The van der Waals surface area contributed by atoms with Gasteiger partial charge in [-0.25, -0.2) is 15.0 Å². The van der Waals surface area contributed by atoms with Gasteiger partial charge in [-0.1, -0.05) is 6.92 Å². The molecular formula is C13H18N4S. The van der Waals surface area contributed by atoms with E-state index in [1.807, 2.05) is 19.2 Å². The zero-order valence-corrected chi connectivity index (χ0v) is 11.6. The van der Waals surface area contributed by atoms with Gasteiger partial charge in [-0.15, -0.1) is 11.3 Å². The lowest BCUT2D eigenvalue weighted by Gasteiger charge is -2.03. The van der Waals surface area contributed by atoms with Gasteiger partial charge >= 0.3 is 0 Å². The molecule has 0 aliphatic rings. The highest BCUT2D eigenvalue weighted by molar-refractivity contribution is 7.09. The fraction of sp³-hybridized carbons (Fsp3) is 0.462. The number of nitrogens with zero attached hydrogens (tertiary/aromatic N) is 3. The van der Waals surface area contributed by atoms with Gasteiger partial charge in [-0.05, 0) is 26.0 Å². The van der Waals surface area contributed by atoms with Crippen molar-refractivity contribution in [3.8, 4) is 0 Å². The van der Waals surface area contributed by atoms with Crippen LogP contribution in [0.5, 0.6) is 0 Å². The molecule has 0 spiro atoms. The van der Waals surface area contributed by atoms with Gasteiger partial charge in [-0.3, -0.25) is 0 Å². The third kappa shape index (κ3) is 3.85. The second-order valence-corrected chi connectivity index (χ2v) is 5.14. The highest BCUT2D eigenvalue weighted by atomic mass is 32.1. The van der Waals surface area contributed by atoms with Gasteiger partial charge in [-0.2, -0.15) is 0 Å². The Morgan fingerprint density at radius 1 is 1.33 bits per heavy atom. The summed E-state index contributed by atoms with van der Waals surface area (Å²) in [5, 5.41) is 6.48. The van der Waals surface area contributed by atoms with Crippen LogP contribution in [0.25, 0.3) is 0 Å². The molecular weight excluding hydrogens is 244 g/mol. The van der Waals surface area contributed by atoms with E-state index in [1.54, 1.807) is 11.3 Å². The predicted molar refractivity (Wildman–Crippen MR) is 73.7 cm³/mol. The van der Waals surface area contributed by atoms with Crippen molar-refractivity contribution in [3.05, 3.63) is 39.9 Å². The predicted octanol–water partition coefficient (Wildman–Crippen LogP) is 2.33. The first-order valence-corrected chi connectivity index (χ1v) is 7.08. The Hall–Kier alpha value is -1.33. The molecule has 0 aromatic carbocycles. The van der Waals surface area contributed by atoms with Gasteiger partial charge in [0, 0.05) is 23.8 Å². The van der Waals surface area contributed by atoms with Gasteiger partial charge in [0.1, 0.15) is 10.8 Å². The Labute approximate surface area is 112 Å². The van der Waals surface area contributed by atoms with Crippen LogP contribution in [-0.4, -0.2) is 21.5 Å². The molecule has 96 valence electrons. The summed E-state index contributed by atoms with van der Waals surface area (Å²) in [6.07, 6.45) is 3.68. The van der Waals surface area contributed by atoms with Gasteiger partial charge < -0.3 is 5.32 Å². The van der Waals surface area contributed by atoms with E-state index in [1.165, 1.54) is 0 Å². The first-order valence-electron chi connectivity index (χ1n) is 6.20. The Balaban J connectivity index is 1.98. The smallest absolute Gasteiger partial charge is 0.135 e. The van der Waals surface area contributed by atoms with Gasteiger partial charge in [0.05, 0.1) is 12.1 Å². The Morgan fingerprint density at radius 2 is 2.22 bits per heavy atom. The molecule has 5 heteroatoms. The average molecular weight is 262 g/mol. The number of thiazole rings is 1. The van der Waals surface area contributed by atoms with E-state index in [2.05, 4.69) is 32.6 Å². The summed E-state index contributed by atoms with van der Waals surface area (Å²) in [5.74, 6) is 0.847. The molecule has 0 saturated carbocycles. The van der Waals surface area contributed by atoms with E-state index in [4.69, 9.17) is 0 Å². The third-order valence-electron chi connectivity index (χ3n) is 2.47. The molecule has 0 radical (unpaired) electrons. The summed E-state index contributed by atoms with van der Waals surface area (Å²) >= 11 is 1.66. The summed E-state index contributed by atoms with van der Waals surface area (Å²) in [6, 6.07) is 1.96. The van der Waals surface area contributed by atoms with Gasteiger partial charge in [0.15, 0.2) is 0 Å². The second kappa shape index (κ2) is 6.56. The molecule has 2 heterocycles. The summed E-state index contributed by atoms with van der Waals surface area (Å²) < 4.78 is 0. The molecule has 0 unspecified atom stereocenters. The molecule has 2 aromatic heterocycles. The highest BCUT2D eigenvalue weighted by Crippen LogP contribution is 2.12. The second-order valence-electron chi connectivity index (χ2n) is 4.20. The van der Waals surface area contributed by atoms with Gasteiger partial charge in [0.2, 0.25) is 0 Å². The summed E-state index contributed by atoms with van der Waals surface area (Å²) in [6.45, 7) is 5.99. The maximum Gasteiger partial charge on any atom is 0.135 e. The topological polar surface area (TPSA) is 50.7 Å². The number of aryl methyl sites for hydroxylation is 1. The largest absolute Gasteiger partial charge is 0.311 e. The van der Waals surface area contributed by atoms with Crippen molar-refractivity contribution < 1.29 is 0 Å². The number of rotatable bonds is 6. The van der Waals surface area contributed by atoms with Crippen molar-refractivity contribution in [1.82, 2.24) is 20.3 Å². The number of hydrogen-bond donors (Lipinski definition) is 1. The van der Waals surface area contributed by atoms with Crippen LogP contribution < -0.4 is 5.32 Å². The van der Waals surface area contributed by atoms with Gasteiger partial charge in [0.25, 0.3) is 0 Å². The van der Waals surface area contributed by atoms with Crippen LogP contribution >= 0.6 is 11.3 Å². The molecule has 0 atom stereocenters. The Kier molecular flexibility index (Phi) is 4.78. The number of nitrogens with one attached hydrogen (secondary N) is 1. The molecule has 0 aliphatic carbocycles. The maximum atomic E-state index is 4.54. The van der Waals surface area contributed by atoms with Crippen LogP contribution in [0, 0.1) is 6.92 Å². The van der Waals surface area contributed by atoms with Crippen molar-refractivity contribution >= 4 is 11.3 Å². The SMILES string of the molecule is CCCNCc1ccnc(Cc2nc(C)cs2)n1. The molecule has 2 aromatic rings. The molecule has 2 rings (SSSR count). The van der Waals surface area contributed by atoms with Crippen molar-refractivity contribution in [2.45, 2.75) is 33.2 Å². The van der Waals surface area contributed by atoms with E-state index >= 15 is 0 Å². The van der Waals surface area contributed by atoms with E-state index in [0.717, 1.165) is 48.2 Å². The zero-order valence-electron chi connectivity index (χ0n) is 10.8. The monoisotopic (exact) mass is 262 g/mol. The zero-order chi connectivity index (χ0) is 12.8. The van der Waals surface area contributed by atoms with E-state index in [-0.39, 0.29) is 0 Å². The first-order chi connectivity index (χ1) is 8.78. The van der Waals surface area contributed by atoms with E-state index in [9.17, 15) is 0 Å². The van der Waals surface area contributed by atoms with Crippen LogP contribution in [0.3, 0.4) is 0 Å². The number of aromatic nitrogens is 3. The lowest BCUT2D eigenvalue weighted by molar-refractivity contribution is 0.659. The summed E-state index contributed by atoms with van der Waals surface area (Å²) in [4.78, 5) is 13.3. The van der Waals surface area contributed by atoms with Crippen molar-refractivity contribution in [1.29, 1.82) is 0 Å². The normalized spacial score (nSPS) is 10.8. The molecule has 0 fully saturated rings. The number of hydrogen-bond acceptors (Lipinski definition) is 5. The maximum absolute atomic E-state index is 4.54. The molecule has 18 heavy (non-hydrogen) atoms. The van der Waals surface area contributed by atoms with Crippen LogP contribution in [0.1, 0.15) is 35.6 Å². The molecule has 0 amide bonds. The van der Waals surface area contributed by atoms with Crippen molar-refractivity contribution in [3.63, 3.8) is 0 Å². The fourth-order valence-corrected chi connectivity index (χ4v) is 2.41. The minimum absolute atomic E-state index is 0.722. The third-order valence-corrected chi connectivity index (χ3v) is 3.44. The van der Waals surface area contributed by atoms with Crippen molar-refractivity contribution in [2.75, 3.05) is 6.54 Å². The molecule has 4 nitrogen and oxygen atoms in total. The van der Waals surface area contributed by atoms with E-state index in [0.29, 0.717) is 0 Å². The quantitative estimate of drug-likeness (QED) is 0.812. The fourth-order valence-electron chi connectivity index (χ4n) is 1.64. The van der Waals surface area contributed by atoms with Crippen LogP contribution in [-0.2, 0) is 13.0 Å². The Bertz CT molecular complexity index is 495. The molecule has 0 aliphatic heterocycles. The highest BCUT2D eigenvalue weighted by Gasteiger charge is 2.04. The average Bonchev–Trinajstić information content (AvgIpc) is 2.76. The Morgan fingerprint density at radius 3 is 2.94 bits per heavy atom. The summed E-state index contributed by atoms with van der Waals surface area (Å²) in [7, 11) is 0. The van der Waals surface area contributed by atoms with Crippen LogP contribution in [0.15, 0.2) is 17.6 Å². The standard InChI is InChI=1S/C13H18N4S/c1-3-5-14-8-11-4-6-15-12(17-11)7-13-16-10(2)9-18-13/h4,6,9,14H,3,5,7-8H2,1-2H3. The molecule has 1 N–H and O–H groups in total. The van der Waals surface area contributed by atoms with Crippen molar-refractivity contribution in [2.24, 2.45) is 0 Å². The lowest BCUT2D eigenvalue weighted by Crippen LogP contribution is -2.15. The van der Waals surface area contributed by atoms with E-state index < -0.39 is 0 Å². The lowest BCUT2D eigenvalue weighted by atomic mass is 10.3. The van der Waals surface area contributed by atoms with Crippen LogP contribution in [0.2, 0.25) is 0 Å². The minimum atomic E-state index is 0.722. The first kappa shape index (κ1) is 13.1. The molecule has 0 saturated heterocycles. The molecule has 0 bridgehead atoms. The van der Waals surface area contributed by atoms with Crippen LogP contribution in [0.4, 0.5) is 0 Å². The minimum Gasteiger partial charge on any atom is -0.311 e.